The van der Waals surface area contributed by atoms with Crippen LogP contribution in [0.3, 0.4) is 0 Å². The number of thioether (sulfide) groups is 2. The zero-order valence-corrected chi connectivity index (χ0v) is 19.3. The molecule has 2 aromatic heterocycles. The molecule has 10 heteroatoms. The number of para-hydroxylation sites is 4. The van der Waals surface area contributed by atoms with E-state index in [9.17, 15) is 9.59 Å². The highest BCUT2D eigenvalue weighted by Crippen LogP contribution is 2.24. The fraction of sp³-hybridized carbons (Fsp3) is 0.0833. The van der Waals surface area contributed by atoms with Crippen molar-refractivity contribution >= 4 is 68.9 Å². The Hall–Kier alpha value is -3.76. The van der Waals surface area contributed by atoms with Gasteiger partial charge in [0, 0.05) is 11.4 Å². The molecule has 2 amide bonds. The van der Waals surface area contributed by atoms with Crippen LogP contribution in [-0.4, -0.2) is 33.3 Å². The summed E-state index contributed by atoms with van der Waals surface area (Å²) in [5.41, 5.74) is 4.15. The molecule has 2 heterocycles. The lowest BCUT2D eigenvalue weighted by atomic mass is 10.3. The number of anilines is 2. The van der Waals surface area contributed by atoms with E-state index in [-0.39, 0.29) is 23.3 Å². The van der Waals surface area contributed by atoms with Gasteiger partial charge in [-0.2, -0.15) is 0 Å². The second-order valence-electron chi connectivity index (χ2n) is 7.15. The topological polar surface area (TPSA) is 110 Å². The van der Waals surface area contributed by atoms with Crippen LogP contribution in [0.2, 0.25) is 0 Å². The van der Waals surface area contributed by atoms with Gasteiger partial charge in [-0.3, -0.25) is 9.59 Å². The van der Waals surface area contributed by atoms with E-state index in [1.54, 1.807) is 24.3 Å². The number of rotatable bonds is 8. The Bertz CT molecular complexity index is 1290. The van der Waals surface area contributed by atoms with Crippen molar-refractivity contribution in [3.8, 4) is 0 Å². The summed E-state index contributed by atoms with van der Waals surface area (Å²) in [5, 5.41) is 6.54. The van der Waals surface area contributed by atoms with Gasteiger partial charge in [0.2, 0.25) is 11.8 Å². The van der Waals surface area contributed by atoms with Gasteiger partial charge >= 0.3 is 0 Å². The number of fused-ring (bicyclic) bond motifs is 2. The van der Waals surface area contributed by atoms with Crippen LogP contribution in [-0.2, 0) is 9.59 Å². The quantitative estimate of drug-likeness (QED) is 0.277. The molecule has 0 radical (unpaired) electrons. The first kappa shape index (κ1) is 22.1. The number of nitrogens with zero attached hydrogens (tertiary/aromatic N) is 2. The first-order chi connectivity index (χ1) is 16.6. The average molecular weight is 491 g/mol. The zero-order valence-electron chi connectivity index (χ0n) is 17.7. The van der Waals surface area contributed by atoms with Crippen LogP contribution in [0.25, 0.3) is 22.2 Å². The number of carbonyl (C=O) groups excluding carboxylic acids is 2. The summed E-state index contributed by atoms with van der Waals surface area (Å²) in [6.07, 6.45) is 0. The van der Waals surface area contributed by atoms with Crippen LogP contribution < -0.4 is 10.6 Å². The van der Waals surface area contributed by atoms with Gasteiger partial charge in [0.25, 0.3) is 10.4 Å². The van der Waals surface area contributed by atoms with E-state index in [0.29, 0.717) is 33.0 Å². The number of aromatic nitrogens is 2. The maximum absolute atomic E-state index is 12.3. The molecular weight excluding hydrogens is 472 g/mol. The number of hydrogen-bond acceptors (Lipinski definition) is 8. The van der Waals surface area contributed by atoms with Crippen molar-refractivity contribution in [3.63, 3.8) is 0 Å². The molecule has 0 aliphatic rings. The summed E-state index contributed by atoms with van der Waals surface area (Å²) >= 11 is 2.46. The Labute approximate surface area is 202 Å². The Balaban J connectivity index is 1.08. The van der Waals surface area contributed by atoms with Crippen molar-refractivity contribution in [2.24, 2.45) is 0 Å². The van der Waals surface area contributed by atoms with Crippen LogP contribution in [0.15, 0.2) is 92.1 Å². The number of amides is 2. The Morgan fingerprint density at radius 3 is 1.47 bits per heavy atom. The lowest BCUT2D eigenvalue weighted by molar-refractivity contribution is -0.114. The molecule has 3 aromatic carbocycles. The standard InChI is InChI=1S/C24H18N4O4S2/c29-21(13-33-23-27-17-5-1-3-7-19(17)31-23)25-15-9-11-16(12-10-15)26-22(30)14-34-24-28-18-6-2-4-8-20(18)32-24/h1-12H,13-14H2,(H,25,29)(H,26,30). The zero-order chi connectivity index (χ0) is 23.3. The molecule has 0 saturated carbocycles. The van der Waals surface area contributed by atoms with Gasteiger partial charge in [-0.25, -0.2) is 9.97 Å². The predicted octanol–water partition coefficient (Wildman–Crippen LogP) is 5.43. The predicted molar refractivity (Wildman–Crippen MR) is 133 cm³/mol. The molecule has 0 bridgehead atoms. The summed E-state index contributed by atoms with van der Waals surface area (Å²) in [6.45, 7) is 0. The summed E-state index contributed by atoms with van der Waals surface area (Å²) in [4.78, 5) is 33.2. The van der Waals surface area contributed by atoms with Crippen molar-refractivity contribution in [2.45, 2.75) is 10.4 Å². The molecule has 5 aromatic rings. The number of hydrogen-bond donors (Lipinski definition) is 2. The minimum absolute atomic E-state index is 0.165. The molecule has 0 fully saturated rings. The second kappa shape index (κ2) is 10.0. The normalized spacial score (nSPS) is 11.1. The van der Waals surface area contributed by atoms with Gasteiger partial charge in [0.1, 0.15) is 11.0 Å². The molecule has 0 atom stereocenters. The third-order valence-electron chi connectivity index (χ3n) is 4.65. The number of nitrogens with one attached hydrogen (secondary N) is 2. The van der Waals surface area contributed by atoms with Gasteiger partial charge < -0.3 is 19.5 Å². The van der Waals surface area contributed by atoms with E-state index < -0.39 is 0 Å². The lowest BCUT2D eigenvalue weighted by Crippen LogP contribution is -2.15. The van der Waals surface area contributed by atoms with E-state index in [1.807, 2.05) is 48.5 Å². The van der Waals surface area contributed by atoms with Crippen molar-refractivity contribution in [1.82, 2.24) is 9.97 Å². The Morgan fingerprint density at radius 2 is 1.06 bits per heavy atom. The minimum Gasteiger partial charge on any atom is -0.431 e. The molecule has 8 nitrogen and oxygen atoms in total. The number of carbonyl (C=O) groups is 2. The molecule has 0 aliphatic heterocycles. The van der Waals surface area contributed by atoms with Crippen molar-refractivity contribution in [3.05, 3.63) is 72.8 Å². The van der Waals surface area contributed by atoms with Crippen LogP contribution in [0.4, 0.5) is 11.4 Å². The van der Waals surface area contributed by atoms with Gasteiger partial charge in [-0.1, -0.05) is 47.8 Å². The fourth-order valence-corrected chi connectivity index (χ4v) is 4.39. The summed E-state index contributed by atoms with van der Waals surface area (Å²) < 4.78 is 11.2. The highest BCUT2D eigenvalue weighted by molar-refractivity contribution is 8.00. The second-order valence-corrected chi connectivity index (χ2v) is 9.00. The Morgan fingerprint density at radius 1 is 0.647 bits per heavy atom. The van der Waals surface area contributed by atoms with Crippen LogP contribution in [0.1, 0.15) is 0 Å². The molecule has 0 aliphatic carbocycles. The van der Waals surface area contributed by atoms with Crippen LogP contribution >= 0.6 is 23.5 Å². The molecule has 5 rings (SSSR count). The monoisotopic (exact) mass is 490 g/mol. The fourth-order valence-electron chi connectivity index (χ4n) is 3.11. The van der Waals surface area contributed by atoms with E-state index in [2.05, 4.69) is 20.6 Å². The van der Waals surface area contributed by atoms with E-state index >= 15 is 0 Å². The molecule has 0 spiro atoms. The Kier molecular flexibility index (Phi) is 6.50. The molecule has 0 saturated heterocycles. The van der Waals surface area contributed by atoms with E-state index in [4.69, 9.17) is 8.83 Å². The van der Waals surface area contributed by atoms with Crippen molar-refractivity contribution < 1.29 is 18.4 Å². The summed E-state index contributed by atoms with van der Waals surface area (Å²) in [7, 11) is 0. The first-order valence-corrected chi connectivity index (χ1v) is 12.3. The molecular formula is C24H18N4O4S2. The average Bonchev–Trinajstić information content (AvgIpc) is 3.46. The summed E-state index contributed by atoms with van der Waals surface area (Å²) in [5.74, 6) is -0.0333. The third-order valence-corrected chi connectivity index (χ3v) is 6.31. The maximum Gasteiger partial charge on any atom is 0.257 e. The SMILES string of the molecule is O=C(CSc1nc2ccccc2o1)Nc1ccc(NC(=O)CSc2nc3ccccc3o2)cc1. The largest absolute Gasteiger partial charge is 0.431 e. The first-order valence-electron chi connectivity index (χ1n) is 10.3. The third kappa shape index (κ3) is 5.41. The number of benzene rings is 3. The van der Waals surface area contributed by atoms with E-state index in [1.165, 1.54) is 23.5 Å². The highest BCUT2D eigenvalue weighted by atomic mass is 32.2. The van der Waals surface area contributed by atoms with Crippen molar-refractivity contribution in [2.75, 3.05) is 22.1 Å². The molecule has 170 valence electrons. The molecule has 0 unspecified atom stereocenters. The van der Waals surface area contributed by atoms with Gasteiger partial charge in [0.05, 0.1) is 11.5 Å². The van der Waals surface area contributed by atoms with Crippen LogP contribution in [0, 0.1) is 0 Å². The van der Waals surface area contributed by atoms with E-state index in [0.717, 1.165) is 11.0 Å². The maximum atomic E-state index is 12.3. The smallest absolute Gasteiger partial charge is 0.257 e. The number of oxazole rings is 2. The van der Waals surface area contributed by atoms with Crippen LogP contribution in [0.5, 0.6) is 0 Å². The van der Waals surface area contributed by atoms with Crippen molar-refractivity contribution in [1.29, 1.82) is 0 Å². The summed E-state index contributed by atoms with van der Waals surface area (Å²) in [6, 6.07) is 21.8. The van der Waals surface area contributed by atoms with Gasteiger partial charge in [-0.05, 0) is 48.5 Å². The lowest BCUT2D eigenvalue weighted by Gasteiger charge is -2.07. The molecule has 34 heavy (non-hydrogen) atoms. The molecule has 2 N–H and O–H groups in total. The van der Waals surface area contributed by atoms with Gasteiger partial charge in [0.15, 0.2) is 11.2 Å². The van der Waals surface area contributed by atoms with Gasteiger partial charge in [-0.15, -0.1) is 0 Å². The minimum atomic E-state index is -0.182. The highest BCUT2D eigenvalue weighted by Gasteiger charge is 2.11.